The Kier molecular flexibility index (Phi) is 6.97. The summed E-state index contributed by atoms with van der Waals surface area (Å²) in [5.74, 6) is -0.180. The predicted molar refractivity (Wildman–Crippen MR) is 64.4 cm³/mol. The van der Waals surface area contributed by atoms with Crippen molar-refractivity contribution in [2.24, 2.45) is 0 Å². The highest BCUT2D eigenvalue weighted by molar-refractivity contribution is 5.19. The summed E-state index contributed by atoms with van der Waals surface area (Å²) in [5, 5.41) is 3.36. The Morgan fingerprint density at radius 2 is 1.47 bits per heavy atom. The van der Waals surface area contributed by atoms with Crippen molar-refractivity contribution in [3.63, 3.8) is 0 Å². The van der Waals surface area contributed by atoms with Crippen molar-refractivity contribution >= 4 is 0 Å². The van der Waals surface area contributed by atoms with E-state index in [0.717, 1.165) is 5.56 Å². The molecular weight excluding hydrogens is 189 g/mol. The van der Waals surface area contributed by atoms with E-state index in [-0.39, 0.29) is 11.9 Å². The maximum atomic E-state index is 12.6. The third-order valence-electron chi connectivity index (χ3n) is 1.95. The third kappa shape index (κ3) is 5.53. The monoisotopic (exact) mass is 211 g/mol. The van der Waals surface area contributed by atoms with Crippen LogP contribution in [-0.4, -0.2) is 6.04 Å². The Bertz CT molecular complexity index is 254. The van der Waals surface area contributed by atoms with Crippen molar-refractivity contribution in [3.05, 3.63) is 35.6 Å². The van der Waals surface area contributed by atoms with Crippen LogP contribution < -0.4 is 5.32 Å². The van der Waals surface area contributed by atoms with E-state index in [2.05, 4.69) is 26.1 Å². The predicted octanol–water partition coefficient (Wildman–Crippen LogP) is 3.91. The van der Waals surface area contributed by atoms with E-state index in [1.165, 1.54) is 12.1 Å². The lowest BCUT2D eigenvalue weighted by atomic mass is 10.1. The van der Waals surface area contributed by atoms with E-state index in [1.807, 2.05) is 26.0 Å². The van der Waals surface area contributed by atoms with Crippen molar-refractivity contribution < 1.29 is 4.39 Å². The maximum Gasteiger partial charge on any atom is 0.123 e. The average Bonchev–Trinajstić information content (AvgIpc) is 2.20. The lowest BCUT2D eigenvalue weighted by Gasteiger charge is -2.16. The van der Waals surface area contributed by atoms with Crippen LogP contribution in [0.25, 0.3) is 0 Å². The molecule has 0 bridgehead atoms. The average molecular weight is 211 g/mol. The smallest absolute Gasteiger partial charge is 0.123 e. The Morgan fingerprint density at radius 3 is 1.87 bits per heavy atom. The van der Waals surface area contributed by atoms with Crippen molar-refractivity contribution in [1.82, 2.24) is 5.32 Å². The molecule has 0 aromatic heterocycles. The molecule has 86 valence electrons. The zero-order valence-electron chi connectivity index (χ0n) is 10.3. The molecule has 1 unspecified atom stereocenters. The molecule has 1 atom stereocenters. The molecule has 1 nitrogen and oxygen atoms in total. The molecule has 0 heterocycles. The van der Waals surface area contributed by atoms with Gasteiger partial charge in [-0.3, -0.25) is 0 Å². The van der Waals surface area contributed by atoms with E-state index in [1.54, 1.807) is 0 Å². The van der Waals surface area contributed by atoms with Gasteiger partial charge in [0.25, 0.3) is 0 Å². The van der Waals surface area contributed by atoms with Gasteiger partial charge in [-0.15, -0.1) is 0 Å². The Labute approximate surface area is 92.7 Å². The minimum atomic E-state index is -0.180. The summed E-state index contributed by atoms with van der Waals surface area (Å²) in [6, 6.07) is 7.34. The van der Waals surface area contributed by atoms with Crippen LogP contribution in [0.15, 0.2) is 24.3 Å². The van der Waals surface area contributed by atoms with E-state index < -0.39 is 0 Å². The zero-order chi connectivity index (χ0) is 11.8. The van der Waals surface area contributed by atoms with Gasteiger partial charge < -0.3 is 5.32 Å². The second kappa shape index (κ2) is 7.41. The Morgan fingerprint density at radius 1 is 1.00 bits per heavy atom. The van der Waals surface area contributed by atoms with E-state index in [9.17, 15) is 4.39 Å². The van der Waals surface area contributed by atoms with Gasteiger partial charge in [-0.25, -0.2) is 4.39 Å². The van der Waals surface area contributed by atoms with Crippen LogP contribution in [0.5, 0.6) is 0 Å². The molecule has 0 saturated carbocycles. The third-order valence-corrected chi connectivity index (χ3v) is 1.95. The van der Waals surface area contributed by atoms with Gasteiger partial charge in [-0.05, 0) is 24.6 Å². The molecule has 15 heavy (non-hydrogen) atoms. The number of benzene rings is 1. The van der Waals surface area contributed by atoms with Gasteiger partial charge in [0.15, 0.2) is 0 Å². The first-order chi connectivity index (χ1) is 7.09. The molecular formula is C13H22FN. The summed E-state index contributed by atoms with van der Waals surface area (Å²) in [5.41, 5.74) is 1.12. The number of hydrogen-bond acceptors (Lipinski definition) is 1. The maximum absolute atomic E-state index is 12.6. The van der Waals surface area contributed by atoms with Gasteiger partial charge in [-0.1, -0.05) is 39.8 Å². The fourth-order valence-corrected chi connectivity index (χ4v) is 1.35. The Hall–Kier alpha value is -0.890. The lowest BCUT2D eigenvalue weighted by molar-refractivity contribution is 0.505. The second-order valence-corrected chi connectivity index (χ2v) is 3.59. The number of hydrogen-bond donors (Lipinski definition) is 1. The molecule has 0 aliphatic carbocycles. The fraction of sp³-hybridized carbons (Fsp3) is 0.538. The van der Waals surface area contributed by atoms with Crippen molar-refractivity contribution in [1.29, 1.82) is 0 Å². The van der Waals surface area contributed by atoms with Gasteiger partial charge in [0.05, 0.1) is 0 Å². The summed E-state index contributed by atoms with van der Waals surface area (Å²) in [4.78, 5) is 0. The SMILES string of the molecule is CC.CC(C)NC(C)c1ccc(F)cc1. The van der Waals surface area contributed by atoms with Crippen LogP contribution in [0.1, 0.15) is 46.2 Å². The largest absolute Gasteiger partial charge is 0.308 e. The van der Waals surface area contributed by atoms with E-state index >= 15 is 0 Å². The summed E-state index contributed by atoms with van der Waals surface area (Å²) < 4.78 is 12.6. The summed E-state index contributed by atoms with van der Waals surface area (Å²) >= 11 is 0. The van der Waals surface area contributed by atoms with E-state index in [0.29, 0.717) is 6.04 Å². The fourth-order valence-electron chi connectivity index (χ4n) is 1.35. The van der Waals surface area contributed by atoms with Crippen molar-refractivity contribution in [2.45, 2.75) is 46.7 Å². The number of nitrogens with one attached hydrogen (secondary N) is 1. The van der Waals surface area contributed by atoms with Crippen molar-refractivity contribution in [3.8, 4) is 0 Å². The molecule has 0 fully saturated rings. The van der Waals surface area contributed by atoms with Crippen LogP contribution in [-0.2, 0) is 0 Å². The normalized spacial score (nSPS) is 11.9. The van der Waals surface area contributed by atoms with Gasteiger partial charge in [-0.2, -0.15) is 0 Å². The minimum Gasteiger partial charge on any atom is -0.308 e. The molecule has 1 aromatic carbocycles. The van der Waals surface area contributed by atoms with Crippen molar-refractivity contribution in [2.75, 3.05) is 0 Å². The van der Waals surface area contributed by atoms with Gasteiger partial charge >= 0.3 is 0 Å². The van der Waals surface area contributed by atoms with Gasteiger partial charge in [0.1, 0.15) is 5.82 Å². The van der Waals surface area contributed by atoms with Gasteiger partial charge in [0.2, 0.25) is 0 Å². The molecule has 0 saturated heterocycles. The van der Waals surface area contributed by atoms with Crippen LogP contribution in [0.2, 0.25) is 0 Å². The molecule has 0 aliphatic rings. The molecule has 1 N–H and O–H groups in total. The molecule has 0 spiro atoms. The molecule has 0 radical (unpaired) electrons. The quantitative estimate of drug-likeness (QED) is 0.799. The lowest BCUT2D eigenvalue weighted by Crippen LogP contribution is -2.25. The van der Waals surface area contributed by atoms with Gasteiger partial charge in [0, 0.05) is 12.1 Å². The van der Waals surface area contributed by atoms with Crippen LogP contribution >= 0.6 is 0 Å². The zero-order valence-corrected chi connectivity index (χ0v) is 10.3. The Balaban J connectivity index is 0.000000921. The van der Waals surface area contributed by atoms with E-state index in [4.69, 9.17) is 0 Å². The van der Waals surface area contributed by atoms with Crippen LogP contribution in [0, 0.1) is 5.82 Å². The second-order valence-electron chi connectivity index (χ2n) is 3.59. The molecule has 0 aliphatic heterocycles. The highest BCUT2D eigenvalue weighted by atomic mass is 19.1. The summed E-state index contributed by atoms with van der Waals surface area (Å²) in [6.45, 7) is 10.3. The minimum absolute atomic E-state index is 0.180. The summed E-state index contributed by atoms with van der Waals surface area (Å²) in [7, 11) is 0. The van der Waals surface area contributed by atoms with Crippen LogP contribution in [0.4, 0.5) is 4.39 Å². The highest BCUT2D eigenvalue weighted by Crippen LogP contribution is 2.13. The molecule has 1 aromatic rings. The summed E-state index contributed by atoms with van der Waals surface area (Å²) in [6.07, 6.45) is 0. The first kappa shape index (κ1) is 14.1. The van der Waals surface area contributed by atoms with Crippen LogP contribution in [0.3, 0.4) is 0 Å². The molecule has 0 amide bonds. The highest BCUT2D eigenvalue weighted by Gasteiger charge is 2.05. The standard InChI is InChI=1S/C11H16FN.C2H6/c1-8(2)13-9(3)10-4-6-11(12)7-5-10;1-2/h4-9,13H,1-3H3;1-2H3. The first-order valence-corrected chi connectivity index (χ1v) is 5.61. The number of rotatable bonds is 3. The molecule has 1 rings (SSSR count). The topological polar surface area (TPSA) is 12.0 Å². The first-order valence-electron chi connectivity index (χ1n) is 5.61. The number of halogens is 1. The molecule has 2 heteroatoms.